The van der Waals surface area contributed by atoms with Crippen molar-refractivity contribution in [3.8, 4) is 0 Å². The fraction of sp³-hybridized carbons (Fsp3) is 0.214. The Morgan fingerprint density at radius 3 is 2.78 bits per heavy atom. The first kappa shape index (κ1) is 11.1. The maximum absolute atomic E-state index is 13.8. The molecule has 18 heavy (non-hydrogen) atoms. The summed E-state index contributed by atoms with van der Waals surface area (Å²) in [5.74, 6) is -1.67. The molecule has 1 aromatic heterocycles. The van der Waals surface area contributed by atoms with E-state index in [1.165, 1.54) is 0 Å². The molecule has 92 valence electrons. The Morgan fingerprint density at radius 2 is 2.06 bits per heavy atom. The number of rotatable bonds is 1. The predicted molar refractivity (Wildman–Crippen MR) is 65.4 cm³/mol. The van der Waals surface area contributed by atoms with Gasteiger partial charge in [0.2, 0.25) is 0 Å². The van der Waals surface area contributed by atoms with Crippen LogP contribution in [-0.2, 0) is 0 Å². The van der Waals surface area contributed by atoms with Crippen LogP contribution >= 0.6 is 0 Å². The number of hydrogen-bond acceptors (Lipinski definition) is 2. The van der Waals surface area contributed by atoms with E-state index >= 15 is 0 Å². The van der Waals surface area contributed by atoms with Gasteiger partial charge in [-0.1, -0.05) is 13.0 Å². The predicted octanol–water partition coefficient (Wildman–Crippen LogP) is 3.63. The number of nitrogens with one attached hydrogen (secondary N) is 1. The standard InChI is InChI=1S/C14H12F2N2/c1-8-12-11(5-4-10(15)13(12)16)18-14(8)9-3-2-6-17-7-9/h2-8,14,18H,1H3. The van der Waals surface area contributed by atoms with Gasteiger partial charge in [-0.25, -0.2) is 8.78 Å². The van der Waals surface area contributed by atoms with E-state index in [1.54, 1.807) is 18.5 Å². The lowest BCUT2D eigenvalue weighted by Crippen LogP contribution is -2.09. The molecule has 0 saturated carbocycles. The molecule has 2 heterocycles. The van der Waals surface area contributed by atoms with Gasteiger partial charge < -0.3 is 5.32 Å². The molecular formula is C14H12F2N2. The molecule has 2 atom stereocenters. The normalized spacial score (nSPS) is 21.5. The van der Waals surface area contributed by atoms with E-state index in [2.05, 4.69) is 10.3 Å². The highest BCUT2D eigenvalue weighted by atomic mass is 19.2. The molecule has 4 heteroatoms. The third-order valence-corrected chi connectivity index (χ3v) is 3.44. The van der Waals surface area contributed by atoms with Crippen LogP contribution in [0.15, 0.2) is 36.7 Å². The zero-order valence-corrected chi connectivity index (χ0v) is 9.82. The fourth-order valence-electron chi connectivity index (χ4n) is 2.53. The second-order valence-corrected chi connectivity index (χ2v) is 4.52. The highest BCUT2D eigenvalue weighted by Crippen LogP contribution is 2.45. The van der Waals surface area contributed by atoms with Crippen LogP contribution in [0.4, 0.5) is 14.5 Å². The quantitative estimate of drug-likeness (QED) is 0.831. The van der Waals surface area contributed by atoms with Gasteiger partial charge in [-0.05, 0) is 23.8 Å². The van der Waals surface area contributed by atoms with E-state index in [-0.39, 0.29) is 12.0 Å². The molecule has 2 nitrogen and oxygen atoms in total. The van der Waals surface area contributed by atoms with Crippen molar-refractivity contribution < 1.29 is 8.78 Å². The van der Waals surface area contributed by atoms with Gasteiger partial charge in [0.05, 0.1) is 6.04 Å². The van der Waals surface area contributed by atoms with Gasteiger partial charge in [0.15, 0.2) is 11.6 Å². The zero-order valence-electron chi connectivity index (χ0n) is 9.82. The first-order chi connectivity index (χ1) is 8.68. The largest absolute Gasteiger partial charge is 0.377 e. The molecule has 0 radical (unpaired) electrons. The van der Waals surface area contributed by atoms with E-state index in [4.69, 9.17) is 0 Å². The Balaban J connectivity index is 2.05. The first-order valence-corrected chi connectivity index (χ1v) is 5.83. The average Bonchev–Trinajstić information content (AvgIpc) is 2.73. The zero-order chi connectivity index (χ0) is 12.7. The molecule has 0 saturated heterocycles. The fourth-order valence-corrected chi connectivity index (χ4v) is 2.53. The smallest absolute Gasteiger partial charge is 0.164 e. The van der Waals surface area contributed by atoms with Crippen molar-refractivity contribution in [2.75, 3.05) is 5.32 Å². The number of hydrogen-bond donors (Lipinski definition) is 1. The van der Waals surface area contributed by atoms with Crippen molar-refractivity contribution >= 4 is 5.69 Å². The lowest BCUT2D eigenvalue weighted by Gasteiger charge is -2.16. The molecule has 1 aliphatic heterocycles. The number of anilines is 1. The van der Waals surface area contributed by atoms with Crippen molar-refractivity contribution in [2.24, 2.45) is 0 Å². The Labute approximate surface area is 104 Å². The molecule has 1 N–H and O–H groups in total. The maximum Gasteiger partial charge on any atom is 0.164 e. The van der Waals surface area contributed by atoms with Crippen LogP contribution in [0.5, 0.6) is 0 Å². The topological polar surface area (TPSA) is 24.9 Å². The summed E-state index contributed by atoms with van der Waals surface area (Å²) < 4.78 is 27.1. The third kappa shape index (κ3) is 1.56. The maximum atomic E-state index is 13.8. The summed E-state index contributed by atoms with van der Waals surface area (Å²) in [7, 11) is 0. The van der Waals surface area contributed by atoms with E-state index in [1.807, 2.05) is 19.1 Å². The molecule has 3 rings (SSSR count). The van der Waals surface area contributed by atoms with Crippen LogP contribution in [0.2, 0.25) is 0 Å². The van der Waals surface area contributed by atoms with E-state index < -0.39 is 11.6 Å². The van der Waals surface area contributed by atoms with Gasteiger partial charge in [0.25, 0.3) is 0 Å². The molecule has 2 unspecified atom stereocenters. The van der Waals surface area contributed by atoms with Crippen molar-refractivity contribution in [3.05, 3.63) is 59.4 Å². The van der Waals surface area contributed by atoms with Crippen LogP contribution in [0.1, 0.15) is 30.0 Å². The third-order valence-electron chi connectivity index (χ3n) is 3.44. The van der Waals surface area contributed by atoms with Gasteiger partial charge in [0, 0.05) is 29.6 Å². The van der Waals surface area contributed by atoms with Crippen LogP contribution < -0.4 is 5.32 Å². The molecule has 0 fully saturated rings. The number of aromatic nitrogens is 1. The van der Waals surface area contributed by atoms with Crippen molar-refractivity contribution in [1.82, 2.24) is 4.98 Å². The SMILES string of the molecule is CC1c2c(ccc(F)c2F)NC1c1cccnc1. The molecule has 1 aliphatic rings. The number of fused-ring (bicyclic) bond motifs is 1. The Hall–Kier alpha value is -1.97. The Morgan fingerprint density at radius 1 is 1.22 bits per heavy atom. The second-order valence-electron chi connectivity index (χ2n) is 4.52. The van der Waals surface area contributed by atoms with Gasteiger partial charge in [-0.15, -0.1) is 0 Å². The van der Waals surface area contributed by atoms with E-state index in [0.29, 0.717) is 11.3 Å². The van der Waals surface area contributed by atoms with Gasteiger partial charge in [0.1, 0.15) is 0 Å². The summed E-state index contributed by atoms with van der Waals surface area (Å²) in [5.41, 5.74) is 2.06. The van der Waals surface area contributed by atoms with Crippen LogP contribution in [0, 0.1) is 11.6 Å². The van der Waals surface area contributed by atoms with Gasteiger partial charge in [-0.2, -0.15) is 0 Å². The molecule has 0 aliphatic carbocycles. The summed E-state index contributed by atoms with van der Waals surface area (Å²) in [5, 5.41) is 3.22. The molecule has 2 aromatic rings. The van der Waals surface area contributed by atoms with Crippen LogP contribution in [-0.4, -0.2) is 4.98 Å². The van der Waals surface area contributed by atoms with Crippen LogP contribution in [0.3, 0.4) is 0 Å². The summed E-state index contributed by atoms with van der Waals surface area (Å²) in [6.07, 6.45) is 3.44. The first-order valence-electron chi connectivity index (χ1n) is 5.83. The molecule has 0 amide bonds. The van der Waals surface area contributed by atoms with Gasteiger partial charge in [-0.3, -0.25) is 4.98 Å². The van der Waals surface area contributed by atoms with E-state index in [0.717, 1.165) is 11.6 Å². The van der Waals surface area contributed by atoms with E-state index in [9.17, 15) is 8.78 Å². The average molecular weight is 246 g/mol. The monoisotopic (exact) mass is 246 g/mol. The summed E-state index contributed by atoms with van der Waals surface area (Å²) in [6.45, 7) is 1.89. The lowest BCUT2D eigenvalue weighted by molar-refractivity contribution is 0.491. The second kappa shape index (κ2) is 4.05. The van der Waals surface area contributed by atoms with Crippen molar-refractivity contribution in [1.29, 1.82) is 0 Å². The summed E-state index contributed by atoms with van der Waals surface area (Å²) >= 11 is 0. The van der Waals surface area contributed by atoms with Crippen LogP contribution in [0.25, 0.3) is 0 Å². The number of nitrogens with zero attached hydrogens (tertiary/aromatic N) is 1. The summed E-state index contributed by atoms with van der Waals surface area (Å²) in [4.78, 5) is 4.06. The minimum Gasteiger partial charge on any atom is -0.377 e. The highest BCUT2D eigenvalue weighted by Gasteiger charge is 2.33. The highest BCUT2D eigenvalue weighted by molar-refractivity contribution is 5.61. The molecule has 1 aromatic carbocycles. The van der Waals surface area contributed by atoms with Crippen molar-refractivity contribution in [3.63, 3.8) is 0 Å². The number of pyridine rings is 1. The summed E-state index contributed by atoms with van der Waals surface area (Å²) in [6, 6.07) is 6.44. The Bertz CT molecular complexity index is 584. The lowest BCUT2D eigenvalue weighted by atomic mass is 9.93. The Kier molecular flexibility index (Phi) is 2.51. The molecular weight excluding hydrogens is 234 g/mol. The number of benzene rings is 1. The van der Waals surface area contributed by atoms with Gasteiger partial charge >= 0.3 is 0 Å². The molecule has 0 bridgehead atoms. The minimum absolute atomic E-state index is 0.0648. The number of halogens is 2. The minimum atomic E-state index is -0.797. The van der Waals surface area contributed by atoms with Crippen molar-refractivity contribution in [2.45, 2.75) is 18.9 Å². The molecule has 0 spiro atoms.